The topological polar surface area (TPSA) is 49.8 Å². The van der Waals surface area contributed by atoms with Crippen molar-refractivity contribution in [2.45, 2.75) is 0 Å². The first-order chi connectivity index (χ1) is 10.4. The molecule has 0 radical (unpaired) electrons. The van der Waals surface area contributed by atoms with Crippen LogP contribution in [-0.2, 0) is 0 Å². The van der Waals surface area contributed by atoms with Gasteiger partial charge in [0.1, 0.15) is 11.2 Å². The van der Waals surface area contributed by atoms with Crippen molar-refractivity contribution < 1.29 is 4.42 Å². The monoisotopic (exact) mass is 270 g/mol. The standard InChI is InChI=1S/C18H10N2O/c19-11-12-7-8-17-15(10-12)13-4-3-5-14(18(13)21-17)16-6-1-2-9-20-16/h1-10H. The number of furan rings is 1. The molecule has 2 aromatic carbocycles. The molecule has 0 N–H and O–H groups in total. The lowest BCUT2D eigenvalue weighted by Gasteiger charge is -2.00. The fourth-order valence-corrected chi connectivity index (χ4v) is 2.59. The molecule has 2 aromatic heterocycles. The van der Waals surface area contributed by atoms with Gasteiger partial charge in [0, 0.05) is 22.5 Å². The van der Waals surface area contributed by atoms with Gasteiger partial charge in [0.25, 0.3) is 0 Å². The summed E-state index contributed by atoms with van der Waals surface area (Å²) in [5, 5.41) is 11.0. The average molecular weight is 270 g/mol. The number of hydrogen-bond acceptors (Lipinski definition) is 3. The molecular formula is C18H10N2O. The van der Waals surface area contributed by atoms with E-state index in [9.17, 15) is 0 Å². The summed E-state index contributed by atoms with van der Waals surface area (Å²) in [6, 6.07) is 19.4. The second-order valence-electron chi connectivity index (χ2n) is 4.82. The van der Waals surface area contributed by atoms with E-state index in [1.165, 1.54) is 0 Å². The number of para-hydroxylation sites is 1. The maximum Gasteiger partial charge on any atom is 0.144 e. The van der Waals surface area contributed by atoms with Gasteiger partial charge in [-0.25, -0.2) is 0 Å². The van der Waals surface area contributed by atoms with E-state index in [-0.39, 0.29) is 0 Å². The molecule has 0 amide bonds. The number of fused-ring (bicyclic) bond motifs is 3. The van der Waals surface area contributed by atoms with Crippen molar-refractivity contribution in [1.29, 1.82) is 5.26 Å². The van der Waals surface area contributed by atoms with Crippen molar-refractivity contribution in [2.24, 2.45) is 0 Å². The molecule has 0 saturated carbocycles. The van der Waals surface area contributed by atoms with E-state index in [1.54, 1.807) is 12.3 Å². The highest BCUT2D eigenvalue weighted by Gasteiger charge is 2.12. The lowest BCUT2D eigenvalue weighted by molar-refractivity contribution is 0.670. The van der Waals surface area contributed by atoms with Gasteiger partial charge in [-0.3, -0.25) is 4.98 Å². The SMILES string of the molecule is N#Cc1ccc2oc3c(-c4ccccn4)cccc3c2c1. The van der Waals surface area contributed by atoms with Crippen LogP contribution >= 0.6 is 0 Å². The lowest BCUT2D eigenvalue weighted by atomic mass is 10.1. The third-order valence-corrected chi connectivity index (χ3v) is 3.57. The molecule has 3 heteroatoms. The van der Waals surface area contributed by atoms with Crippen LogP contribution in [0.25, 0.3) is 33.2 Å². The van der Waals surface area contributed by atoms with Gasteiger partial charge in [0.15, 0.2) is 0 Å². The van der Waals surface area contributed by atoms with Crippen LogP contribution in [0, 0.1) is 11.3 Å². The lowest BCUT2D eigenvalue weighted by Crippen LogP contribution is -1.82. The highest BCUT2D eigenvalue weighted by atomic mass is 16.3. The zero-order valence-electron chi connectivity index (χ0n) is 11.1. The van der Waals surface area contributed by atoms with Crippen LogP contribution in [0.15, 0.2) is 65.2 Å². The molecule has 0 bridgehead atoms. The first-order valence-corrected chi connectivity index (χ1v) is 6.63. The second-order valence-corrected chi connectivity index (χ2v) is 4.82. The third-order valence-electron chi connectivity index (χ3n) is 3.57. The molecule has 0 atom stereocenters. The number of pyridine rings is 1. The predicted octanol–water partition coefficient (Wildman–Crippen LogP) is 4.52. The Morgan fingerprint density at radius 2 is 1.90 bits per heavy atom. The zero-order chi connectivity index (χ0) is 14.2. The van der Waals surface area contributed by atoms with Gasteiger partial charge in [0.2, 0.25) is 0 Å². The minimum atomic E-state index is 0.633. The van der Waals surface area contributed by atoms with Crippen LogP contribution in [0.2, 0.25) is 0 Å². The predicted molar refractivity (Wildman–Crippen MR) is 81.7 cm³/mol. The summed E-state index contributed by atoms with van der Waals surface area (Å²) in [5.41, 5.74) is 4.06. The van der Waals surface area contributed by atoms with Crippen LogP contribution < -0.4 is 0 Å². The van der Waals surface area contributed by atoms with Gasteiger partial charge in [-0.2, -0.15) is 5.26 Å². The normalized spacial score (nSPS) is 10.8. The Morgan fingerprint density at radius 3 is 2.71 bits per heavy atom. The maximum absolute atomic E-state index is 9.05. The van der Waals surface area contributed by atoms with Gasteiger partial charge in [-0.05, 0) is 36.4 Å². The molecule has 3 nitrogen and oxygen atoms in total. The summed E-state index contributed by atoms with van der Waals surface area (Å²) in [7, 11) is 0. The Morgan fingerprint density at radius 1 is 0.952 bits per heavy atom. The molecule has 0 saturated heterocycles. The average Bonchev–Trinajstić information content (AvgIpc) is 2.93. The van der Waals surface area contributed by atoms with Crippen LogP contribution in [0.3, 0.4) is 0 Å². The summed E-state index contributed by atoms with van der Waals surface area (Å²) in [6.45, 7) is 0. The van der Waals surface area contributed by atoms with E-state index >= 15 is 0 Å². The van der Waals surface area contributed by atoms with Crippen molar-refractivity contribution in [3.63, 3.8) is 0 Å². The Labute approximate surface area is 121 Å². The minimum absolute atomic E-state index is 0.633. The van der Waals surface area contributed by atoms with E-state index in [0.29, 0.717) is 5.56 Å². The fourth-order valence-electron chi connectivity index (χ4n) is 2.59. The molecule has 0 aliphatic heterocycles. The van der Waals surface area contributed by atoms with Gasteiger partial charge in [0.05, 0.1) is 17.3 Å². The molecule has 0 unspecified atom stereocenters. The van der Waals surface area contributed by atoms with Crippen molar-refractivity contribution >= 4 is 21.9 Å². The molecular weight excluding hydrogens is 260 g/mol. The number of nitrogens with zero attached hydrogens (tertiary/aromatic N) is 2. The first-order valence-electron chi connectivity index (χ1n) is 6.63. The number of aromatic nitrogens is 1. The molecule has 0 spiro atoms. The van der Waals surface area contributed by atoms with E-state index < -0.39 is 0 Å². The van der Waals surface area contributed by atoms with Crippen molar-refractivity contribution in [2.75, 3.05) is 0 Å². The van der Waals surface area contributed by atoms with Gasteiger partial charge in [-0.1, -0.05) is 18.2 Å². The Bertz CT molecular complexity index is 994. The molecule has 0 aliphatic carbocycles. The molecule has 2 heterocycles. The largest absolute Gasteiger partial charge is 0.455 e. The maximum atomic E-state index is 9.05. The van der Waals surface area contributed by atoms with E-state index in [1.807, 2.05) is 48.5 Å². The molecule has 21 heavy (non-hydrogen) atoms. The number of benzene rings is 2. The molecule has 98 valence electrons. The van der Waals surface area contributed by atoms with E-state index in [2.05, 4.69) is 11.1 Å². The van der Waals surface area contributed by atoms with Gasteiger partial charge < -0.3 is 4.42 Å². The summed E-state index contributed by atoms with van der Waals surface area (Å²) in [5.74, 6) is 0. The van der Waals surface area contributed by atoms with E-state index in [4.69, 9.17) is 9.68 Å². The van der Waals surface area contributed by atoms with E-state index in [0.717, 1.165) is 33.2 Å². The molecule has 4 rings (SSSR count). The Kier molecular flexibility index (Phi) is 2.48. The number of nitriles is 1. The van der Waals surface area contributed by atoms with Crippen LogP contribution in [0.5, 0.6) is 0 Å². The molecule has 4 aromatic rings. The molecule has 0 fully saturated rings. The highest BCUT2D eigenvalue weighted by molar-refractivity contribution is 6.09. The Hall–Kier alpha value is -3.12. The van der Waals surface area contributed by atoms with Gasteiger partial charge >= 0.3 is 0 Å². The van der Waals surface area contributed by atoms with Gasteiger partial charge in [-0.15, -0.1) is 0 Å². The van der Waals surface area contributed by atoms with Crippen molar-refractivity contribution in [1.82, 2.24) is 4.98 Å². The number of hydrogen-bond donors (Lipinski definition) is 0. The fraction of sp³-hybridized carbons (Fsp3) is 0. The third kappa shape index (κ3) is 1.78. The van der Waals surface area contributed by atoms with Crippen molar-refractivity contribution in [3.05, 3.63) is 66.4 Å². The Balaban J connectivity index is 2.09. The summed E-state index contributed by atoms with van der Waals surface area (Å²) >= 11 is 0. The first kappa shape index (κ1) is 11.7. The molecule has 0 aliphatic rings. The minimum Gasteiger partial charge on any atom is -0.455 e. The second kappa shape index (κ2) is 4.46. The quantitative estimate of drug-likeness (QED) is 0.511. The summed E-state index contributed by atoms with van der Waals surface area (Å²) < 4.78 is 5.99. The summed E-state index contributed by atoms with van der Waals surface area (Å²) in [4.78, 5) is 4.39. The highest BCUT2D eigenvalue weighted by Crippen LogP contribution is 2.35. The zero-order valence-corrected chi connectivity index (χ0v) is 11.1. The van der Waals surface area contributed by atoms with Crippen LogP contribution in [-0.4, -0.2) is 4.98 Å². The van der Waals surface area contributed by atoms with Crippen LogP contribution in [0.1, 0.15) is 5.56 Å². The smallest absolute Gasteiger partial charge is 0.144 e. The number of rotatable bonds is 1. The van der Waals surface area contributed by atoms with Crippen molar-refractivity contribution in [3.8, 4) is 17.3 Å². The van der Waals surface area contributed by atoms with Crippen LogP contribution in [0.4, 0.5) is 0 Å². The summed E-state index contributed by atoms with van der Waals surface area (Å²) in [6.07, 6.45) is 1.77.